The summed E-state index contributed by atoms with van der Waals surface area (Å²) >= 11 is 0. The molecule has 4 aromatic rings. The van der Waals surface area contributed by atoms with Crippen LogP contribution in [0.5, 0.6) is 17.2 Å². The molecule has 1 aromatic heterocycles. The molecule has 28 heavy (non-hydrogen) atoms. The van der Waals surface area contributed by atoms with E-state index in [0.717, 1.165) is 11.1 Å². The van der Waals surface area contributed by atoms with Gasteiger partial charge in [0.25, 0.3) is 0 Å². The van der Waals surface area contributed by atoms with Gasteiger partial charge in [0.2, 0.25) is 0 Å². The van der Waals surface area contributed by atoms with Crippen LogP contribution in [0.15, 0.2) is 65.3 Å². The fraction of sp³-hybridized carbons (Fsp3) is 0.174. The summed E-state index contributed by atoms with van der Waals surface area (Å²) in [6, 6.07) is 17.5. The second-order valence-corrected chi connectivity index (χ2v) is 6.38. The van der Waals surface area contributed by atoms with Crippen molar-refractivity contribution in [2.45, 2.75) is 6.92 Å². The number of fused-ring (bicyclic) bond motifs is 2. The van der Waals surface area contributed by atoms with E-state index >= 15 is 0 Å². The van der Waals surface area contributed by atoms with Crippen LogP contribution in [0, 0.1) is 0 Å². The van der Waals surface area contributed by atoms with Gasteiger partial charge < -0.3 is 18.6 Å². The van der Waals surface area contributed by atoms with E-state index in [0.29, 0.717) is 41.2 Å². The molecule has 0 aliphatic carbocycles. The van der Waals surface area contributed by atoms with Gasteiger partial charge in [-0.25, -0.2) is 0 Å². The van der Waals surface area contributed by atoms with Gasteiger partial charge in [0, 0.05) is 0 Å². The van der Waals surface area contributed by atoms with E-state index in [1.807, 2.05) is 36.4 Å². The van der Waals surface area contributed by atoms with E-state index in [1.165, 1.54) is 19.4 Å². The van der Waals surface area contributed by atoms with Crippen LogP contribution in [0.2, 0.25) is 0 Å². The Balaban J connectivity index is 1.48. The number of methoxy groups -OCH3 is 1. The minimum atomic E-state index is -0.0998. The molecule has 0 atom stereocenters. The maximum Gasteiger partial charge on any atom is 0.179 e. The highest BCUT2D eigenvalue weighted by Gasteiger charge is 2.18. The van der Waals surface area contributed by atoms with E-state index in [-0.39, 0.29) is 5.78 Å². The molecular formula is C23H20O5. The molecule has 5 heteroatoms. The van der Waals surface area contributed by atoms with Crippen molar-refractivity contribution in [1.29, 1.82) is 0 Å². The summed E-state index contributed by atoms with van der Waals surface area (Å²) in [7, 11) is 1.53. The number of ether oxygens (including phenoxy) is 3. The van der Waals surface area contributed by atoms with Crippen LogP contribution >= 0.6 is 0 Å². The first-order chi connectivity index (χ1) is 13.7. The van der Waals surface area contributed by atoms with E-state index in [9.17, 15) is 4.79 Å². The first-order valence-electron chi connectivity index (χ1n) is 9.01. The normalized spacial score (nSPS) is 10.9. The summed E-state index contributed by atoms with van der Waals surface area (Å²) in [5.74, 6) is 1.67. The molecule has 0 unspecified atom stereocenters. The Bertz CT molecular complexity index is 1140. The zero-order valence-electron chi connectivity index (χ0n) is 15.7. The Labute approximate surface area is 162 Å². The highest BCUT2D eigenvalue weighted by atomic mass is 16.5. The number of hydrogen-bond acceptors (Lipinski definition) is 5. The molecular weight excluding hydrogens is 356 g/mol. The summed E-state index contributed by atoms with van der Waals surface area (Å²) in [5.41, 5.74) is 1.01. The van der Waals surface area contributed by atoms with Gasteiger partial charge in [-0.15, -0.1) is 0 Å². The number of hydrogen-bond donors (Lipinski definition) is 0. The minimum absolute atomic E-state index is 0.0998. The van der Waals surface area contributed by atoms with Crippen molar-refractivity contribution in [3.8, 4) is 17.2 Å². The topological polar surface area (TPSA) is 57.9 Å². The van der Waals surface area contributed by atoms with Gasteiger partial charge >= 0.3 is 0 Å². The zero-order valence-corrected chi connectivity index (χ0v) is 15.7. The first-order valence-corrected chi connectivity index (χ1v) is 9.01. The Morgan fingerprint density at radius 2 is 1.75 bits per heavy atom. The zero-order chi connectivity index (χ0) is 19.5. The highest BCUT2D eigenvalue weighted by molar-refractivity contribution is 6.04. The molecule has 1 heterocycles. The van der Waals surface area contributed by atoms with Gasteiger partial charge in [-0.1, -0.05) is 30.3 Å². The average Bonchev–Trinajstić information content (AvgIpc) is 3.20. The third-order valence-corrected chi connectivity index (χ3v) is 4.57. The number of furan rings is 1. The molecule has 0 saturated heterocycles. The molecule has 0 amide bonds. The second-order valence-electron chi connectivity index (χ2n) is 6.38. The molecule has 4 rings (SSSR count). The lowest BCUT2D eigenvalue weighted by atomic mass is 10.1. The van der Waals surface area contributed by atoms with Gasteiger partial charge in [0.05, 0.1) is 24.3 Å². The molecule has 0 aliphatic rings. The predicted molar refractivity (Wildman–Crippen MR) is 108 cm³/mol. The molecule has 142 valence electrons. The van der Waals surface area contributed by atoms with Crippen molar-refractivity contribution in [2.75, 3.05) is 20.3 Å². The lowest BCUT2D eigenvalue weighted by molar-refractivity contribution is 0.101. The fourth-order valence-electron chi connectivity index (χ4n) is 3.24. The van der Waals surface area contributed by atoms with Gasteiger partial charge in [0.1, 0.15) is 24.7 Å². The summed E-state index contributed by atoms with van der Waals surface area (Å²) < 4.78 is 22.6. The summed E-state index contributed by atoms with van der Waals surface area (Å²) in [5, 5.41) is 3.00. The van der Waals surface area contributed by atoms with Gasteiger partial charge in [-0.3, -0.25) is 4.79 Å². The molecule has 5 nitrogen and oxygen atoms in total. The Hall–Kier alpha value is -3.47. The average molecular weight is 376 g/mol. The van der Waals surface area contributed by atoms with Crippen LogP contribution < -0.4 is 14.2 Å². The van der Waals surface area contributed by atoms with Crippen LogP contribution in [0.25, 0.3) is 21.7 Å². The van der Waals surface area contributed by atoms with E-state index in [1.54, 1.807) is 18.4 Å². The van der Waals surface area contributed by atoms with E-state index in [2.05, 4.69) is 6.07 Å². The molecule has 0 spiro atoms. The number of Topliss-reactive ketones (excluding diaryl/α,β-unsaturated/α-hetero) is 1. The Morgan fingerprint density at radius 1 is 0.964 bits per heavy atom. The Morgan fingerprint density at radius 3 is 2.54 bits per heavy atom. The van der Waals surface area contributed by atoms with Crippen LogP contribution in [0.4, 0.5) is 0 Å². The maximum atomic E-state index is 12.0. The van der Waals surface area contributed by atoms with Crippen molar-refractivity contribution < 1.29 is 23.4 Å². The fourth-order valence-corrected chi connectivity index (χ4v) is 3.24. The summed E-state index contributed by atoms with van der Waals surface area (Å²) in [4.78, 5) is 12.0. The largest absolute Gasteiger partial charge is 0.495 e. The number of rotatable bonds is 7. The molecule has 0 saturated carbocycles. The molecule has 0 aliphatic heterocycles. The lowest BCUT2D eigenvalue weighted by Crippen LogP contribution is -2.10. The quantitative estimate of drug-likeness (QED) is 0.325. The smallest absolute Gasteiger partial charge is 0.179 e. The highest BCUT2D eigenvalue weighted by Crippen LogP contribution is 2.37. The molecule has 0 bridgehead atoms. The van der Waals surface area contributed by atoms with E-state index in [4.69, 9.17) is 18.6 Å². The SMILES string of the molecule is COc1c(C(C)=O)cc(OCCOc2ccc3ccccc3c2)c2occc12. The van der Waals surface area contributed by atoms with Crippen molar-refractivity contribution in [3.05, 3.63) is 66.4 Å². The number of benzene rings is 3. The maximum absolute atomic E-state index is 12.0. The minimum Gasteiger partial charge on any atom is -0.495 e. The van der Waals surface area contributed by atoms with Gasteiger partial charge in [-0.2, -0.15) is 0 Å². The van der Waals surface area contributed by atoms with Crippen LogP contribution in [0.1, 0.15) is 17.3 Å². The van der Waals surface area contributed by atoms with Gasteiger partial charge in [0.15, 0.2) is 17.1 Å². The number of carbonyl (C=O) groups excluding carboxylic acids is 1. The van der Waals surface area contributed by atoms with Crippen molar-refractivity contribution in [3.63, 3.8) is 0 Å². The molecule has 3 aromatic carbocycles. The molecule has 0 N–H and O–H groups in total. The third kappa shape index (κ3) is 3.39. The summed E-state index contributed by atoms with van der Waals surface area (Å²) in [6.45, 7) is 2.17. The number of carbonyl (C=O) groups is 1. The number of ketones is 1. The second kappa shape index (κ2) is 7.64. The van der Waals surface area contributed by atoms with E-state index < -0.39 is 0 Å². The lowest BCUT2D eigenvalue weighted by Gasteiger charge is -2.12. The van der Waals surface area contributed by atoms with Crippen molar-refractivity contribution in [2.24, 2.45) is 0 Å². The monoisotopic (exact) mass is 376 g/mol. The molecule has 0 radical (unpaired) electrons. The standard InChI is InChI=1S/C23H20O5/c1-15(24)20-14-21(23-19(9-10-28-23)22(20)25-2)27-12-11-26-18-8-7-16-5-3-4-6-17(16)13-18/h3-10,13-14H,11-12H2,1-2H3. The van der Waals surface area contributed by atoms with Crippen LogP contribution in [0.3, 0.4) is 0 Å². The molecule has 0 fully saturated rings. The van der Waals surface area contributed by atoms with Crippen molar-refractivity contribution in [1.82, 2.24) is 0 Å². The Kier molecular flexibility index (Phi) is 4.89. The van der Waals surface area contributed by atoms with Gasteiger partial charge in [-0.05, 0) is 42.0 Å². The third-order valence-electron chi connectivity index (χ3n) is 4.57. The summed E-state index contributed by atoms with van der Waals surface area (Å²) in [6.07, 6.45) is 1.55. The first kappa shape index (κ1) is 17.9. The van der Waals surface area contributed by atoms with Crippen LogP contribution in [-0.2, 0) is 0 Å². The van der Waals surface area contributed by atoms with Crippen LogP contribution in [-0.4, -0.2) is 26.1 Å². The van der Waals surface area contributed by atoms with Crippen molar-refractivity contribution >= 4 is 27.5 Å². The predicted octanol–water partition coefficient (Wildman–Crippen LogP) is 5.26.